The molecule has 0 aromatic heterocycles. The molecule has 29 heavy (non-hydrogen) atoms. The smallest absolute Gasteiger partial charge is 0.225 e. The summed E-state index contributed by atoms with van der Waals surface area (Å²) in [5.74, 6) is 0.298. The number of ether oxygens (including phenoxy) is 1. The van der Waals surface area contributed by atoms with Gasteiger partial charge in [-0.15, -0.1) is 0 Å². The summed E-state index contributed by atoms with van der Waals surface area (Å²) in [5, 5.41) is 3.12. The first-order chi connectivity index (χ1) is 13.8. The fourth-order valence-electron chi connectivity index (χ4n) is 2.68. The van der Waals surface area contributed by atoms with E-state index in [1.54, 1.807) is 42.5 Å². The average Bonchev–Trinajstić information content (AvgIpc) is 2.69. The minimum atomic E-state index is -3.54. The van der Waals surface area contributed by atoms with Crippen LogP contribution in [0.2, 0.25) is 5.02 Å². The van der Waals surface area contributed by atoms with E-state index in [0.29, 0.717) is 22.2 Å². The number of sulfone groups is 1. The lowest BCUT2D eigenvalue weighted by Crippen LogP contribution is -2.17. The van der Waals surface area contributed by atoms with Crippen molar-refractivity contribution in [3.8, 4) is 11.5 Å². The highest BCUT2D eigenvalue weighted by Crippen LogP contribution is 2.32. The molecule has 5 nitrogen and oxygen atoms in total. The number of carbonyl (C=O) groups excluding carboxylic acids is 1. The molecule has 0 bridgehead atoms. The third-order valence-corrected chi connectivity index (χ3v) is 6.10. The van der Waals surface area contributed by atoms with Gasteiger partial charge < -0.3 is 10.1 Å². The third-order valence-electron chi connectivity index (χ3n) is 4.13. The molecule has 0 fully saturated rings. The number of benzene rings is 3. The first-order valence-electron chi connectivity index (χ1n) is 8.95. The molecular weight excluding hydrogens is 410 g/mol. The summed E-state index contributed by atoms with van der Waals surface area (Å²) in [6, 6.07) is 20.4. The van der Waals surface area contributed by atoms with Crippen LogP contribution in [0.15, 0.2) is 77.7 Å². The Kier molecular flexibility index (Phi) is 6.56. The number of hydrogen-bond acceptors (Lipinski definition) is 4. The van der Waals surface area contributed by atoms with Crippen molar-refractivity contribution in [2.75, 3.05) is 11.1 Å². The third kappa shape index (κ3) is 5.82. The van der Waals surface area contributed by atoms with E-state index in [4.69, 9.17) is 16.3 Å². The largest absolute Gasteiger partial charge is 0.455 e. The standard InChI is InChI=1S/C22H20ClNO4S/c1-16-6-5-7-18(14-16)28-21-11-10-17(23)15-20(21)24-22(25)12-13-29(26,27)19-8-3-2-4-9-19/h2-11,14-15H,12-13H2,1H3,(H,24,25). The van der Waals surface area contributed by atoms with Gasteiger partial charge in [0.2, 0.25) is 5.91 Å². The molecule has 7 heteroatoms. The normalized spacial score (nSPS) is 11.1. The van der Waals surface area contributed by atoms with Gasteiger partial charge in [-0.1, -0.05) is 41.9 Å². The number of nitrogens with one attached hydrogen (secondary N) is 1. The Bertz CT molecular complexity index is 1110. The summed E-state index contributed by atoms with van der Waals surface area (Å²) in [4.78, 5) is 12.6. The van der Waals surface area contributed by atoms with Gasteiger partial charge in [-0.2, -0.15) is 0 Å². The quantitative estimate of drug-likeness (QED) is 0.557. The van der Waals surface area contributed by atoms with Crippen LogP contribution >= 0.6 is 11.6 Å². The summed E-state index contributed by atoms with van der Waals surface area (Å²) >= 11 is 6.06. The molecule has 0 radical (unpaired) electrons. The van der Waals surface area contributed by atoms with E-state index in [1.807, 2.05) is 25.1 Å². The second-order valence-corrected chi connectivity index (χ2v) is 9.03. The highest BCUT2D eigenvalue weighted by Gasteiger charge is 2.17. The zero-order chi connectivity index (χ0) is 20.9. The van der Waals surface area contributed by atoms with Gasteiger partial charge in [0, 0.05) is 11.4 Å². The molecular formula is C22H20ClNO4S. The van der Waals surface area contributed by atoms with Crippen LogP contribution in [-0.4, -0.2) is 20.1 Å². The lowest BCUT2D eigenvalue weighted by molar-refractivity contribution is -0.115. The van der Waals surface area contributed by atoms with Crippen LogP contribution in [0, 0.1) is 6.92 Å². The van der Waals surface area contributed by atoms with Crippen molar-refractivity contribution in [3.63, 3.8) is 0 Å². The predicted octanol–water partition coefficient (Wildman–Crippen LogP) is 5.24. The van der Waals surface area contributed by atoms with Crippen molar-refractivity contribution in [1.29, 1.82) is 0 Å². The molecule has 0 heterocycles. The Morgan fingerprint density at radius 2 is 1.76 bits per heavy atom. The number of rotatable bonds is 7. The number of amides is 1. The van der Waals surface area contributed by atoms with E-state index in [2.05, 4.69) is 5.32 Å². The minimum absolute atomic E-state index is 0.187. The summed E-state index contributed by atoms with van der Waals surface area (Å²) in [7, 11) is -3.54. The van der Waals surface area contributed by atoms with Crippen LogP contribution in [0.4, 0.5) is 5.69 Å². The molecule has 3 aromatic rings. The predicted molar refractivity (Wildman–Crippen MR) is 114 cm³/mol. The maximum atomic E-state index is 12.4. The van der Waals surface area contributed by atoms with Gasteiger partial charge >= 0.3 is 0 Å². The molecule has 0 unspecified atom stereocenters. The Morgan fingerprint density at radius 3 is 2.48 bits per heavy atom. The fourth-order valence-corrected chi connectivity index (χ4v) is 4.11. The van der Waals surface area contributed by atoms with Crippen LogP contribution < -0.4 is 10.1 Å². The molecule has 3 rings (SSSR count). The van der Waals surface area contributed by atoms with E-state index >= 15 is 0 Å². The van der Waals surface area contributed by atoms with Gasteiger partial charge in [-0.3, -0.25) is 4.79 Å². The maximum Gasteiger partial charge on any atom is 0.225 e. The monoisotopic (exact) mass is 429 g/mol. The molecule has 150 valence electrons. The Balaban J connectivity index is 1.70. The van der Waals surface area contributed by atoms with Crippen molar-refractivity contribution in [2.45, 2.75) is 18.2 Å². The molecule has 1 N–H and O–H groups in total. The fraction of sp³-hybridized carbons (Fsp3) is 0.136. The zero-order valence-corrected chi connectivity index (χ0v) is 17.3. The van der Waals surface area contributed by atoms with E-state index in [-0.39, 0.29) is 17.1 Å². The number of aryl methyl sites for hydroxylation is 1. The number of carbonyl (C=O) groups is 1. The molecule has 0 aliphatic rings. The first kappa shape index (κ1) is 20.9. The summed E-state index contributed by atoms with van der Waals surface area (Å²) in [5.41, 5.74) is 1.41. The Morgan fingerprint density at radius 1 is 1.00 bits per heavy atom. The minimum Gasteiger partial charge on any atom is -0.455 e. The Hall–Kier alpha value is -2.83. The van der Waals surface area contributed by atoms with Crippen LogP contribution in [0.3, 0.4) is 0 Å². The van der Waals surface area contributed by atoms with Crippen molar-refractivity contribution in [3.05, 3.63) is 83.4 Å². The highest BCUT2D eigenvalue weighted by molar-refractivity contribution is 7.91. The lowest BCUT2D eigenvalue weighted by atomic mass is 10.2. The molecule has 3 aromatic carbocycles. The summed E-state index contributed by atoms with van der Waals surface area (Å²) < 4.78 is 30.6. The van der Waals surface area contributed by atoms with Crippen LogP contribution in [0.1, 0.15) is 12.0 Å². The molecule has 1 amide bonds. The highest BCUT2D eigenvalue weighted by atomic mass is 35.5. The van der Waals surface area contributed by atoms with Gasteiger partial charge in [0.15, 0.2) is 15.6 Å². The SMILES string of the molecule is Cc1cccc(Oc2ccc(Cl)cc2NC(=O)CCS(=O)(=O)c2ccccc2)c1. The van der Waals surface area contributed by atoms with E-state index in [1.165, 1.54) is 12.1 Å². The molecule has 0 spiro atoms. The van der Waals surface area contributed by atoms with Crippen LogP contribution in [0.5, 0.6) is 11.5 Å². The summed E-state index contributed by atoms with van der Waals surface area (Å²) in [6.45, 7) is 1.95. The topological polar surface area (TPSA) is 72.5 Å². The number of anilines is 1. The van der Waals surface area contributed by atoms with E-state index in [9.17, 15) is 13.2 Å². The maximum absolute atomic E-state index is 12.4. The van der Waals surface area contributed by atoms with Crippen molar-refractivity contribution >= 4 is 33.0 Å². The second kappa shape index (κ2) is 9.11. The number of hydrogen-bond donors (Lipinski definition) is 1. The van der Waals surface area contributed by atoms with Crippen molar-refractivity contribution in [1.82, 2.24) is 0 Å². The van der Waals surface area contributed by atoms with Crippen LogP contribution in [0.25, 0.3) is 0 Å². The zero-order valence-electron chi connectivity index (χ0n) is 15.8. The molecule has 0 aliphatic heterocycles. The van der Waals surface area contributed by atoms with E-state index < -0.39 is 15.7 Å². The molecule has 0 aliphatic carbocycles. The Labute approximate surface area is 175 Å². The van der Waals surface area contributed by atoms with E-state index in [0.717, 1.165) is 5.56 Å². The van der Waals surface area contributed by atoms with Gasteiger partial charge in [0.05, 0.1) is 16.3 Å². The van der Waals surface area contributed by atoms with Gasteiger partial charge in [-0.25, -0.2) is 8.42 Å². The van der Waals surface area contributed by atoms with Gasteiger partial charge in [0.25, 0.3) is 0 Å². The molecule has 0 saturated carbocycles. The van der Waals surface area contributed by atoms with Gasteiger partial charge in [-0.05, 0) is 55.0 Å². The van der Waals surface area contributed by atoms with Crippen molar-refractivity contribution < 1.29 is 17.9 Å². The number of halogens is 1. The van der Waals surface area contributed by atoms with Crippen molar-refractivity contribution in [2.24, 2.45) is 0 Å². The molecule has 0 atom stereocenters. The van der Waals surface area contributed by atoms with Gasteiger partial charge in [0.1, 0.15) is 5.75 Å². The summed E-state index contributed by atoms with van der Waals surface area (Å²) in [6.07, 6.45) is -0.187. The van der Waals surface area contributed by atoms with Crippen LogP contribution in [-0.2, 0) is 14.6 Å². The lowest BCUT2D eigenvalue weighted by Gasteiger charge is -2.13. The average molecular weight is 430 g/mol. The molecule has 0 saturated heterocycles. The first-order valence-corrected chi connectivity index (χ1v) is 11.0. The second-order valence-electron chi connectivity index (χ2n) is 6.49.